The zero-order valence-corrected chi connectivity index (χ0v) is 21.4. The molecule has 7 nitrogen and oxygen atoms in total. The molecule has 0 unspecified atom stereocenters. The van der Waals surface area contributed by atoms with E-state index in [-0.39, 0.29) is 35.6 Å². The Balaban J connectivity index is 1.37. The maximum Gasteiger partial charge on any atom is 0.275 e. The number of hydrogen-bond donors (Lipinski definition) is 2. The molecule has 196 valence electrons. The molecule has 4 aliphatic rings. The molecule has 8 rings (SSSR count). The lowest BCUT2D eigenvalue weighted by Crippen LogP contribution is -2.54. The van der Waals surface area contributed by atoms with Gasteiger partial charge in [-0.15, -0.1) is 0 Å². The highest BCUT2D eigenvalue weighted by atomic mass is 16.3. The summed E-state index contributed by atoms with van der Waals surface area (Å²) in [5.74, 6) is -2.75. The molecule has 0 saturated carbocycles. The second-order valence-electron chi connectivity index (χ2n) is 10.5. The molecule has 4 aromatic carbocycles. The van der Waals surface area contributed by atoms with E-state index in [0.717, 1.165) is 27.8 Å². The first-order valence-electron chi connectivity index (χ1n) is 13.2. The number of para-hydroxylation sites is 1. The van der Waals surface area contributed by atoms with Crippen LogP contribution in [0.2, 0.25) is 0 Å². The maximum atomic E-state index is 14.3. The summed E-state index contributed by atoms with van der Waals surface area (Å²) in [5.41, 5.74) is 6.23. The summed E-state index contributed by atoms with van der Waals surface area (Å²) in [6.07, 6.45) is 1.62. The van der Waals surface area contributed by atoms with Crippen LogP contribution in [-0.2, 0) is 21.5 Å². The summed E-state index contributed by atoms with van der Waals surface area (Å²) in [7, 11) is 0. The summed E-state index contributed by atoms with van der Waals surface area (Å²) in [6, 6.07) is 31.5. The fourth-order valence-electron chi connectivity index (χ4n) is 6.95. The molecule has 2 bridgehead atoms. The van der Waals surface area contributed by atoms with Gasteiger partial charge >= 0.3 is 0 Å². The van der Waals surface area contributed by atoms with E-state index < -0.39 is 23.2 Å². The highest BCUT2D eigenvalue weighted by Crippen LogP contribution is 2.63. The molecule has 40 heavy (non-hydrogen) atoms. The van der Waals surface area contributed by atoms with Gasteiger partial charge in [0, 0.05) is 12.1 Å². The molecule has 1 aliphatic heterocycles. The number of phenols is 1. The minimum atomic E-state index is -1.07. The predicted molar refractivity (Wildman–Crippen MR) is 149 cm³/mol. The first-order valence-corrected chi connectivity index (χ1v) is 13.2. The molecule has 0 radical (unpaired) electrons. The van der Waals surface area contributed by atoms with Crippen molar-refractivity contribution in [3.63, 3.8) is 0 Å². The number of carbonyl (C=O) groups excluding carboxylic acids is 3. The third-order valence-electron chi connectivity index (χ3n) is 8.54. The van der Waals surface area contributed by atoms with E-state index in [1.807, 2.05) is 78.9 Å². The van der Waals surface area contributed by atoms with E-state index in [0.29, 0.717) is 0 Å². The molecule has 1 saturated heterocycles. The predicted octanol–water partition coefficient (Wildman–Crippen LogP) is 4.35. The van der Waals surface area contributed by atoms with Gasteiger partial charge in [-0.1, -0.05) is 91.0 Å². The molecule has 0 spiro atoms. The Morgan fingerprint density at radius 1 is 0.825 bits per heavy atom. The van der Waals surface area contributed by atoms with Gasteiger partial charge in [0.1, 0.15) is 5.75 Å². The standard InChI is InChI=1S/C33H25N3O4/c37-26-17-9-6-14-23(26)30(38)35-34-19-33-24-15-7-4-12-21(24)27(22-13-5-8-16-25(22)33)28-29(33)32(40)36(31(28)39)18-20-10-2-1-3-11-20/h1-17,19,27-29,37H,18H2,(H,35,38)/b34-19-/t27?,28-,29-,33?/m0/s1. The second-order valence-corrected chi connectivity index (χ2v) is 10.5. The van der Waals surface area contributed by atoms with Gasteiger partial charge in [-0.2, -0.15) is 5.10 Å². The van der Waals surface area contributed by atoms with Crippen molar-refractivity contribution in [1.82, 2.24) is 10.3 Å². The summed E-state index contributed by atoms with van der Waals surface area (Å²) >= 11 is 0. The summed E-state index contributed by atoms with van der Waals surface area (Å²) < 4.78 is 0. The van der Waals surface area contributed by atoms with Gasteiger partial charge in [0.05, 0.1) is 29.4 Å². The van der Waals surface area contributed by atoms with Gasteiger partial charge in [0.25, 0.3) is 5.91 Å². The van der Waals surface area contributed by atoms with Crippen LogP contribution >= 0.6 is 0 Å². The maximum absolute atomic E-state index is 14.3. The topological polar surface area (TPSA) is 99.1 Å². The van der Waals surface area contributed by atoms with Gasteiger partial charge in [-0.25, -0.2) is 5.43 Å². The molecular formula is C33H25N3O4. The van der Waals surface area contributed by atoms with Gasteiger partial charge in [-0.3, -0.25) is 19.3 Å². The largest absolute Gasteiger partial charge is 0.507 e. The van der Waals surface area contributed by atoms with Crippen molar-refractivity contribution in [2.75, 3.05) is 0 Å². The number of likely N-dealkylation sites (tertiary alicyclic amines) is 1. The van der Waals surface area contributed by atoms with E-state index in [4.69, 9.17) is 0 Å². The summed E-state index contributed by atoms with van der Waals surface area (Å²) in [5, 5.41) is 14.5. The van der Waals surface area contributed by atoms with Gasteiger partial charge < -0.3 is 5.11 Å². The van der Waals surface area contributed by atoms with Crippen LogP contribution in [0.3, 0.4) is 0 Å². The average Bonchev–Trinajstić information content (AvgIpc) is 3.24. The van der Waals surface area contributed by atoms with Crippen molar-refractivity contribution in [1.29, 1.82) is 0 Å². The minimum absolute atomic E-state index is 0.0873. The van der Waals surface area contributed by atoms with Crippen LogP contribution in [0.25, 0.3) is 0 Å². The Morgan fingerprint density at radius 2 is 1.43 bits per heavy atom. The van der Waals surface area contributed by atoms with Crippen LogP contribution < -0.4 is 5.43 Å². The Morgan fingerprint density at radius 3 is 2.10 bits per heavy atom. The smallest absolute Gasteiger partial charge is 0.275 e. The molecule has 4 aromatic rings. The SMILES string of the molecule is O=C(N/N=C\C12c3ccccc3C(c3ccccc31)[C@@H]1C(=O)N(Cc3ccccc3)C(=O)[C@H]12)c1ccccc1O. The number of nitrogens with one attached hydrogen (secondary N) is 1. The first kappa shape index (κ1) is 24.0. The van der Waals surface area contributed by atoms with Gasteiger partial charge in [0.2, 0.25) is 11.8 Å². The number of phenolic OH excluding ortho intramolecular Hbond substituents is 1. The Labute approximate surface area is 230 Å². The van der Waals surface area contributed by atoms with E-state index in [2.05, 4.69) is 10.5 Å². The molecule has 1 fully saturated rings. The normalized spacial score (nSPS) is 24.1. The van der Waals surface area contributed by atoms with E-state index in [1.54, 1.807) is 18.3 Å². The average molecular weight is 528 g/mol. The Bertz CT molecular complexity index is 1670. The van der Waals surface area contributed by atoms with Gasteiger partial charge in [-0.05, 0) is 39.9 Å². The number of imide groups is 1. The number of carbonyl (C=O) groups is 3. The van der Waals surface area contributed by atoms with Crippen molar-refractivity contribution in [2.24, 2.45) is 16.9 Å². The van der Waals surface area contributed by atoms with E-state index in [1.165, 1.54) is 17.0 Å². The molecule has 7 heteroatoms. The van der Waals surface area contributed by atoms with Crippen LogP contribution in [0.5, 0.6) is 5.75 Å². The highest BCUT2D eigenvalue weighted by Gasteiger charge is 2.67. The van der Waals surface area contributed by atoms with Crippen molar-refractivity contribution in [3.8, 4) is 5.75 Å². The zero-order chi connectivity index (χ0) is 27.4. The first-order chi connectivity index (χ1) is 19.5. The Hall–Kier alpha value is -5.04. The fraction of sp³-hybridized carbons (Fsp3) is 0.152. The number of nitrogens with zero attached hydrogens (tertiary/aromatic N) is 2. The number of hydrazone groups is 1. The lowest BCUT2D eigenvalue weighted by molar-refractivity contribution is -0.140. The van der Waals surface area contributed by atoms with E-state index in [9.17, 15) is 19.5 Å². The van der Waals surface area contributed by atoms with Crippen LogP contribution in [0.15, 0.2) is 108 Å². The van der Waals surface area contributed by atoms with Crippen LogP contribution in [-0.4, -0.2) is 33.9 Å². The third-order valence-corrected chi connectivity index (χ3v) is 8.54. The number of rotatable bonds is 5. The fourth-order valence-corrected chi connectivity index (χ4v) is 6.95. The zero-order valence-electron chi connectivity index (χ0n) is 21.4. The summed E-state index contributed by atoms with van der Waals surface area (Å²) in [6.45, 7) is 0.197. The number of aromatic hydroxyl groups is 1. The molecule has 0 aromatic heterocycles. The number of hydrogen-bond acceptors (Lipinski definition) is 5. The molecule has 3 amide bonds. The lowest BCUT2D eigenvalue weighted by Gasteiger charge is -2.52. The quantitative estimate of drug-likeness (QED) is 0.229. The summed E-state index contributed by atoms with van der Waals surface area (Å²) in [4.78, 5) is 42.6. The molecule has 2 N–H and O–H groups in total. The molecule has 1 heterocycles. The van der Waals surface area contributed by atoms with Crippen molar-refractivity contribution in [3.05, 3.63) is 137 Å². The molecular weight excluding hydrogens is 502 g/mol. The third kappa shape index (κ3) is 3.30. The highest BCUT2D eigenvalue weighted by molar-refractivity contribution is 6.11. The second kappa shape index (κ2) is 9.02. The van der Waals surface area contributed by atoms with Gasteiger partial charge in [0.15, 0.2) is 0 Å². The molecule has 3 aliphatic carbocycles. The van der Waals surface area contributed by atoms with Crippen LogP contribution in [0.4, 0.5) is 0 Å². The Kier molecular flexibility index (Phi) is 5.42. The monoisotopic (exact) mass is 527 g/mol. The minimum Gasteiger partial charge on any atom is -0.507 e. The van der Waals surface area contributed by atoms with Crippen LogP contribution in [0, 0.1) is 11.8 Å². The van der Waals surface area contributed by atoms with E-state index >= 15 is 0 Å². The molecule has 2 atom stereocenters. The lowest BCUT2D eigenvalue weighted by atomic mass is 9.47. The number of benzene rings is 4. The van der Waals surface area contributed by atoms with Crippen molar-refractivity contribution < 1.29 is 19.5 Å². The van der Waals surface area contributed by atoms with Crippen molar-refractivity contribution >= 4 is 23.9 Å². The van der Waals surface area contributed by atoms with Crippen molar-refractivity contribution in [2.45, 2.75) is 17.9 Å². The number of amides is 3. The van der Waals surface area contributed by atoms with Crippen LogP contribution in [0.1, 0.15) is 44.1 Å².